The second-order valence-corrected chi connectivity index (χ2v) is 6.00. The Morgan fingerprint density at radius 3 is 2.77 bits per heavy atom. The summed E-state index contributed by atoms with van der Waals surface area (Å²) in [5.74, 6) is 2.51. The molecule has 0 bridgehead atoms. The molecule has 0 amide bonds. The summed E-state index contributed by atoms with van der Waals surface area (Å²) in [5.41, 5.74) is 2.54. The van der Waals surface area contributed by atoms with Crippen molar-refractivity contribution in [3.63, 3.8) is 0 Å². The maximum absolute atomic E-state index is 12.2. The van der Waals surface area contributed by atoms with Gasteiger partial charge in [0.15, 0.2) is 23.4 Å². The van der Waals surface area contributed by atoms with Gasteiger partial charge in [0.1, 0.15) is 0 Å². The van der Waals surface area contributed by atoms with Gasteiger partial charge in [-0.1, -0.05) is 19.9 Å². The van der Waals surface area contributed by atoms with Gasteiger partial charge in [-0.2, -0.15) is 0 Å². The largest absolute Gasteiger partial charge is 0.493 e. The second-order valence-electron chi connectivity index (χ2n) is 6.00. The lowest BCUT2D eigenvalue weighted by atomic mass is 9.65. The van der Waals surface area contributed by atoms with E-state index in [4.69, 9.17) is 9.47 Å². The third-order valence-corrected chi connectivity index (χ3v) is 5.20. The highest BCUT2D eigenvalue weighted by Gasteiger charge is 2.52. The first kappa shape index (κ1) is 15.3. The standard InChI is InChI=1S/C16H19NO3.C2H6/c1-17-10-7-8-3-6-12(19-2)16-13(8)14-9(10)4-5-11(18)15(14)20-16;1-2/h3,6,9-10,14-15,17H,4-5,7H2,1-2H3;1-2H3. The van der Waals surface area contributed by atoms with Crippen LogP contribution in [0.25, 0.3) is 0 Å². The molecular weight excluding hydrogens is 278 g/mol. The first-order valence-electron chi connectivity index (χ1n) is 8.31. The molecule has 0 aromatic heterocycles. The second kappa shape index (κ2) is 5.92. The average molecular weight is 303 g/mol. The van der Waals surface area contributed by atoms with Gasteiger partial charge in [-0.25, -0.2) is 0 Å². The number of ketones is 1. The van der Waals surface area contributed by atoms with Crippen LogP contribution in [0.5, 0.6) is 11.5 Å². The van der Waals surface area contributed by atoms with E-state index in [0.717, 1.165) is 24.3 Å². The van der Waals surface area contributed by atoms with Crippen molar-refractivity contribution in [1.29, 1.82) is 0 Å². The van der Waals surface area contributed by atoms with Crippen LogP contribution in [0.2, 0.25) is 0 Å². The molecule has 4 atom stereocenters. The van der Waals surface area contributed by atoms with E-state index in [2.05, 4.69) is 11.4 Å². The molecule has 4 heteroatoms. The fourth-order valence-corrected chi connectivity index (χ4v) is 4.29. The van der Waals surface area contributed by atoms with Crippen molar-refractivity contribution in [1.82, 2.24) is 5.32 Å². The van der Waals surface area contributed by atoms with Crippen LogP contribution in [0, 0.1) is 5.92 Å². The van der Waals surface area contributed by atoms with Crippen LogP contribution in [0.4, 0.5) is 0 Å². The van der Waals surface area contributed by atoms with E-state index in [1.807, 2.05) is 27.0 Å². The highest BCUT2D eigenvalue weighted by atomic mass is 16.5. The van der Waals surface area contributed by atoms with Gasteiger partial charge in [0.25, 0.3) is 0 Å². The summed E-state index contributed by atoms with van der Waals surface area (Å²) in [6.07, 6.45) is 2.31. The number of Topliss-reactive ketones (excluding diaryl/α,β-unsaturated/α-hetero) is 1. The Hall–Kier alpha value is -1.55. The van der Waals surface area contributed by atoms with Crippen LogP contribution in [0.1, 0.15) is 43.7 Å². The summed E-state index contributed by atoms with van der Waals surface area (Å²) >= 11 is 0. The molecule has 1 heterocycles. The Labute approximate surface area is 132 Å². The van der Waals surface area contributed by atoms with E-state index in [0.29, 0.717) is 18.4 Å². The number of carbonyl (C=O) groups is 1. The number of hydrogen-bond acceptors (Lipinski definition) is 4. The molecule has 4 unspecified atom stereocenters. The molecule has 2 aliphatic carbocycles. The molecule has 1 saturated carbocycles. The summed E-state index contributed by atoms with van der Waals surface area (Å²) < 4.78 is 11.4. The van der Waals surface area contributed by atoms with Crippen molar-refractivity contribution in [3.05, 3.63) is 23.3 Å². The fraction of sp³-hybridized carbons (Fsp3) is 0.611. The van der Waals surface area contributed by atoms with Gasteiger partial charge in [-0.05, 0) is 37.4 Å². The molecule has 1 fully saturated rings. The van der Waals surface area contributed by atoms with Gasteiger partial charge in [-0.15, -0.1) is 0 Å². The van der Waals surface area contributed by atoms with Crippen molar-refractivity contribution in [2.45, 2.75) is 51.2 Å². The SMILES string of the molecule is CC.CNC1Cc2ccc(OC)c3c2C2C(O3)C(=O)CCC12. The maximum Gasteiger partial charge on any atom is 0.173 e. The number of rotatable bonds is 2. The minimum absolute atomic E-state index is 0.211. The number of carbonyl (C=O) groups excluding carboxylic acids is 1. The van der Waals surface area contributed by atoms with Gasteiger partial charge >= 0.3 is 0 Å². The zero-order chi connectivity index (χ0) is 15.9. The van der Waals surface area contributed by atoms with Crippen LogP contribution in [0.3, 0.4) is 0 Å². The Bertz CT molecular complexity index is 584. The first-order chi connectivity index (χ1) is 10.7. The monoisotopic (exact) mass is 303 g/mol. The van der Waals surface area contributed by atoms with Crippen molar-refractivity contribution in [3.8, 4) is 11.5 Å². The van der Waals surface area contributed by atoms with Gasteiger partial charge in [0, 0.05) is 23.9 Å². The molecule has 0 radical (unpaired) electrons. The molecule has 4 rings (SSSR count). The highest BCUT2D eigenvalue weighted by Crippen LogP contribution is 2.55. The van der Waals surface area contributed by atoms with Crippen molar-refractivity contribution in [2.24, 2.45) is 5.92 Å². The van der Waals surface area contributed by atoms with E-state index in [1.54, 1.807) is 7.11 Å². The summed E-state index contributed by atoms with van der Waals surface area (Å²) in [6, 6.07) is 4.53. The molecule has 0 spiro atoms. The number of benzene rings is 1. The zero-order valence-corrected chi connectivity index (χ0v) is 13.8. The van der Waals surface area contributed by atoms with Crippen LogP contribution in [-0.4, -0.2) is 32.1 Å². The number of nitrogens with one attached hydrogen (secondary N) is 1. The summed E-state index contributed by atoms with van der Waals surface area (Å²) in [4.78, 5) is 12.2. The topological polar surface area (TPSA) is 47.6 Å². The van der Waals surface area contributed by atoms with E-state index in [1.165, 1.54) is 11.1 Å². The summed E-state index contributed by atoms with van der Waals surface area (Å²) in [6.45, 7) is 4.00. The molecule has 1 aromatic carbocycles. The quantitative estimate of drug-likeness (QED) is 0.912. The molecule has 0 saturated heterocycles. The molecule has 1 aromatic rings. The Morgan fingerprint density at radius 1 is 1.32 bits per heavy atom. The Kier molecular flexibility index (Phi) is 4.13. The van der Waals surface area contributed by atoms with E-state index >= 15 is 0 Å². The third-order valence-electron chi connectivity index (χ3n) is 5.20. The van der Waals surface area contributed by atoms with Gasteiger partial charge in [0.2, 0.25) is 0 Å². The third kappa shape index (κ3) is 2.04. The van der Waals surface area contributed by atoms with E-state index < -0.39 is 0 Å². The molecule has 1 aliphatic heterocycles. The molecular formula is C18H25NO3. The van der Waals surface area contributed by atoms with E-state index in [9.17, 15) is 4.79 Å². The Morgan fingerprint density at radius 2 is 2.09 bits per heavy atom. The Balaban J connectivity index is 0.000000693. The predicted octanol–water partition coefficient (Wildman–Crippen LogP) is 2.69. The maximum atomic E-state index is 12.2. The molecule has 4 nitrogen and oxygen atoms in total. The van der Waals surface area contributed by atoms with Crippen molar-refractivity contribution < 1.29 is 14.3 Å². The minimum Gasteiger partial charge on any atom is -0.493 e. The lowest BCUT2D eigenvalue weighted by Gasteiger charge is -2.41. The van der Waals surface area contributed by atoms with Crippen LogP contribution < -0.4 is 14.8 Å². The lowest BCUT2D eigenvalue weighted by molar-refractivity contribution is -0.129. The molecule has 22 heavy (non-hydrogen) atoms. The number of likely N-dealkylation sites (N-methyl/N-ethyl adjacent to an activating group) is 1. The average Bonchev–Trinajstić information content (AvgIpc) is 2.98. The van der Waals surface area contributed by atoms with Crippen molar-refractivity contribution >= 4 is 5.78 Å². The predicted molar refractivity (Wildman–Crippen MR) is 85.8 cm³/mol. The smallest absolute Gasteiger partial charge is 0.173 e. The zero-order valence-electron chi connectivity index (χ0n) is 13.8. The van der Waals surface area contributed by atoms with Gasteiger partial charge < -0.3 is 14.8 Å². The van der Waals surface area contributed by atoms with Crippen LogP contribution in [0.15, 0.2) is 12.1 Å². The lowest BCUT2D eigenvalue weighted by Crippen LogP contribution is -2.49. The molecule has 1 N–H and O–H groups in total. The normalized spacial score (nSPS) is 30.8. The molecule has 120 valence electrons. The number of methoxy groups -OCH3 is 1. The van der Waals surface area contributed by atoms with Crippen LogP contribution >= 0.6 is 0 Å². The van der Waals surface area contributed by atoms with E-state index in [-0.39, 0.29) is 17.8 Å². The number of hydrogen-bond donors (Lipinski definition) is 1. The minimum atomic E-state index is -0.296. The summed E-state index contributed by atoms with van der Waals surface area (Å²) in [7, 11) is 3.67. The van der Waals surface area contributed by atoms with Crippen LogP contribution in [-0.2, 0) is 11.2 Å². The van der Waals surface area contributed by atoms with Crippen molar-refractivity contribution in [2.75, 3.05) is 14.2 Å². The van der Waals surface area contributed by atoms with Gasteiger partial charge in [-0.3, -0.25) is 4.79 Å². The highest BCUT2D eigenvalue weighted by molar-refractivity contribution is 5.87. The first-order valence-corrected chi connectivity index (χ1v) is 8.31. The molecule has 3 aliphatic rings. The van der Waals surface area contributed by atoms with Gasteiger partial charge in [0.05, 0.1) is 7.11 Å². The summed E-state index contributed by atoms with van der Waals surface area (Å²) in [5, 5.41) is 3.43. The number of ether oxygens (including phenoxy) is 2. The fourth-order valence-electron chi connectivity index (χ4n) is 4.29.